The van der Waals surface area contributed by atoms with E-state index in [1.165, 1.54) is 6.33 Å². The maximum Gasteiger partial charge on any atom is 0.255 e. The lowest BCUT2D eigenvalue weighted by Crippen LogP contribution is -2.12. The summed E-state index contributed by atoms with van der Waals surface area (Å²) in [4.78, 5) is 17.7. The number of nitrogens with zero attached hydrogens (tertiary/aromatic N) is 3. The van der Waals surface area contributed by atoms with E-state index in [0.717, 1.165) is 16.1 Å². The molecule has 0 radical (unpaired) electrons. The second-order valence-electron chi connectivity index (χ2n) is 5.40. The summed E-state index contributed by atoms with van der Waals surface area (Å²) in [6, 6.07) is 19.2. The number of hydrogen-bond acceptors (Lipinski definition) is 4. The number of carbonyl (C=O) groups is 1. The molecule has 1 N–H and O–H groups in total. The fourth-order valence-corrected chi connectivity index (χ4v) is 3.25. The number of amides is 1. The Labute approximate surface area is 148 Å². The molecular weight excluding hydrogens is 332 g/mol. The molecule has 0 bridgehead atoms. The van der Waals surface area contributed by atoms with E-state index in [2.05, 4.69) is 15.4 Å². The first-order valence-electron chi connectivity index (χ1n) is 7.70. The van der Waals surface area contributed by atoms with Gasteiger partial charge in [-0.25, -0.2) is 9.67 Å². The van der Waals surface area contributed by atoms with E-state index in [4.69, 9.17) is 0 Å². The zero-order valence-corrected chi connectivity index (χ0v) is 14.0. The average Bonchev–Trinajstić information content (AvgIpc) is 3.36. The van der Waals surface area contributed by atoms with Gasteiger partial charge in [-0.3, -0.25) is 4.79 Å². The van der Waals surface area contributed by atoms with Gasteiger partial charge in [0.2, 0.25) is 0 Å². The molecule has 0 aliphatic heterocycles. The first kappa shape index (κ1) is 15.3. The third-order valence-corrected chi connectivity index (χ3v) is 4.64. The van der Waals surface area contributed by atoms with Crippen molar-refractivity contribution < 1.29 is 4.79 Å². The van der Waals surface area contributed by atoms with Gasteiger partial charge in [0.15, 0.2) is 0 Å². The maximum absolute atomic E-state index is 12.6. The molecule has 4 rings (SSSR count). The molecule has 0 aliphatic carbocycles. The molecule has 4 aromatic rings. The number of benzene rings is 2. The van der Waals surface area contributed by atoms with Crippen LogP contribution in [0.3, 0.4) is 0 Å². The summed E-state index contributed by atoms with van der Waals surface area (Å²) >= 11 is 1.65. The number of nitrogens with one attached hydrogen (secondary N) is 1. The average molecular weight is 346 g/mol. The van der Waals surface area contributed by atoms with Crippen LogP contribution in [0.2, 0.25) is 0 Å². The molecule has 2 heterocycles. The molecule has 0 saturated carbocycles. The van der Waals surface area contributed by atoms with Crippen molar-refractivity contribution in [1.82, 2.24) is 14.8 Å². The highest BCUT2D eigenvalue weighted by atomic mass is 32.1. The van der Waals surface area contributed by atoms with Gasteiger partial charge in [0.25, 0.3) is 5.91 Å². The van der Waals surface area contributed by atoms with Gasteiger partial charge < -0.3 is 5.32 Å². The first-order chi connectivity index (χ1) is 12.3. The van der Waals surface area contributed by atoms with Crippen LogP contribution in [0.25, 0.3) is 16.1 Å². The Hall–Kier alpha value is -3.25. The van der Waals surface area contributed by atoms with Crippen LogP contribution in [0, 0.1) is 0 Å². The Morgan fingerprint density at radius 2 is 1.96 bits per heavy atom. The number of hydrogen-bond donors (Lipinski definition) is 1. The van der Waals surface area contributed by atoms with Crippen molar-refractivity contribution in [1.29, 1.82) is 0 Å². The van der Waals surface area contributed by atoms with E-state index < -0.39 is 0 Å². The van der Waals surface area contributed by atoms with E-state index in [0.29, 0.717) is 11.3 Å². The van der Waals surface area contributed by atoms with Crippen LogP contribution in [-0.2, 0) is 0 Å². The summed E-state index contributed by atoms with van der Waals surface area (Å²) in [6.45, 7) is 0. The Morgan fingerprint density at radius 1 is 1.04 bits per heavy atom. The van der Waals surface area contributed by atoms with Crippen LogP contribution in [0.4, 0.5) is 5.69 Å². The number of aromatic nitrogens is 3. The van der Waals surface area contributed by atoms with Crippen molar-refractivity contribution in [2.45, 2.75) is 0 Å². The third kappa shape index (κ3) is 3.34. The van der Waals surface area contributed by atoms with E-state index in [1.54, 1.807) is 22.3 Å². The Morgan fingerprint density at radius 3 is 2.76 bits per heavy atom. The van der Waals surface area contributed by atoms with Gasteiger partial charge in [-0.2, -0.15) is 5.10 Å². The largest absolute Gasteiger partial charge is 0.322 e. The van der Waals surface area contributed by atoms with E-state index in [9.17, 15) is 4.79 Å². The summed E-state index contributed by atoms with van der Waals surface area (Å²) in [7, 11) is 0. The molecule has 0 spiro atoms. The summed E-state index contributed by atoms with van der Waals surface area (Å²) in [6.07, 6.45) is 3.09. The molecular formula is C19H14N4OS. The number of anilines is 1. The quantitative estimate of drug-likeness (QED) is 0.601. The fourth-order valence-electron chi connectivity index (χ4n) is 2.53. The molecule has 0 aliphatic rings. The van der Waals surface area contributed by atoms with Gasteiger partial charge in [0.1, 0.15) is 12.7 Å². The van der Waals surface area contributed by atoms with Crippen LogP contribution < -0.4 is 5.32 Å². The third-order valence-electron chi connectivity index (χ3n) is 3.72. The van der Waals surface area contributed by atoms with Crippen molar-refractivity contribution in [2.75, 3.05) is 5.32 Å². The van der Waals surface area contributed by atoms with Crippen LogP contribution in [-0.4, -0.2) is 20.7 Å². The lowest BCUT2D eigenvalue weighted by molar-refractivity contribution is 0.102. The maximum atomic E-state index is 12.6. The van der Waals surface area contributed by atoms with Gasteiger partial charge in [-0.05, 0) is 47.3 Å². The molecule has 0 saturated heterocycles. The predicted molar refractivity (Wildman–Crippen MR) is 99.1 cm³/mol. The van der Waals surface area contributed by atoms with Gasteiger partial charge in [-0.15, -0.1) is 11.3 Å². The molecule has 0 unspecified atom stereocenters. The van der Waals surface area contributed by atoms with E-state index >= 15 is 0 Å². The molecule has 0 fully saturated rings. The van der Waals surface area contributed by atoms with Crippen molar-refractivity contribution in [3.05, 3.63) is 84.3 Å². The highest BCUT2D eigenvalue weighted by molar-refractivity contribution is 7.13. The molecule has 6 heteroatoms. The fraction of sp³-hybridized carbons (Fsp3) is 0. The predicted octanol–water partition coefficient (Wildman–Crippen LogP) is 4.25. The van der Waals surface area contributed by atoms with Gasteiger partial charge >= 0.3 is 0 Å². The topological polar surface area (TPSA) is 59.8 Å². The monoisotopic (exact) mass is 346 g/mol. The summed E-state index contributed by atoms with van der Waals surface area (Å²) in [5.74, 6) is -0.144. The SMILES string of the molecule is O=C(Nc1cccc(-n2cncn2)c1)c1cccc(-c2cccs2)c1. The molecule has 5 nitrogen and oxygen atoms in total. The Balaban J connectivity index is 1.57. The normalized spacial score (nSPS) is 10.6. The Kier molecular flexibility index (Phi) is 4.10. The molecule has 2 aromatic carbocycles. The van der Waals surface area contributed by atoms with Crippen molar-refractivity contribution in [2.24, 2.45) is 0 Å². The minimum atomic E-state index is -0.144. The molecule has 1 amide bonds. The summed E-state index contributed by atoms with van der Waals surface area (Å²) in [5, 5.41) is 9.06. The standard InChI is InChI=1S/C19H14N4OS/c24-19(15-5-1-4-14(10-15)18-8-3-9-25-18)22-16-6-2-7-17(11-16)23-13-20-12-21-23/h1-13H,(H,22,24). The smallest absolute Gasteiger partial charge is 0.255 e. The second kappa shape index (κ2) is 6.70. The number of rotatable bonds is 4. The van der Waals surface area contributed by atoms with Crippen molar-refractivity contribution >= 4 is 22.9 Å². The zero-order valence-electron chi connectivity index (χ0n) is 13.2. The van der Waals surface area contributed by atoms with Crippen LogP contribution in [0.1, 0.15) is 10.4 Å². The minimum Gasteiger partial charge on any atom is -0.322 e. The van der Waals surface area contributed by atoms with E-state index in [1.807, 2.05) is 66.0 Å². The van der Waals surface area contributed by atoms with Gasteiger partial charge in [-0.1, -0.05) is 24.3 Å². The van der Waals surface area contributed by atoms with Crippen LogP contribution in [0.5, 0.6) is 0 Å². The first-order valence-corrected chi connectivity index (χ1v) is 8.58. The van der Waals surface area contributed by atoms with Crippen LogP contribution in [0.15, 0.2) is 78.7 Å². The minimum absolute atomic E-state index is 0.144. The molecule has 2 aromatic heterocycles. The lowest BCUT2D eigenvalue weighted by atomic mass is 10.1. The number of thiophene rings is 1. The van der Waals surface area contributed by atoms with Gasteiger partial charge in [0.05, 0.1) is 5.69 Å². The molecule has 25 heavy (non-hydrogen) atoms. The summed E-state index contributed by atoms with van der Waals surface area (Å²) < 4.78 is 1.65. The lowest BCUT2D eigenvalue weighted by Gasteiger charge is -2.08. The van der Waals surface area contributed by atoms with Crippen molar-refractivity contribution in [3.63, 3.8) is 0 Å². The van der Waals surface area contributed by atoms with Gasteiger partial charge in [0, 0.05) is 16.1 Å². The highest BCUT2D eigenvalue weighted by Crippen LogP contribution is 2.25. The highest BCUT2D eigenvalue weighted by Gasteiger charge is 2.09. The molecule has 0 atom stereocenters. The zero-order chi connectivity index (χ0) is 17.1. The molecule has 122 valence electrons. The van der Waals surface area contributed by atoms with E-state index in [-0.39, 0.29) is 5.91 Å². The summed E-state index contributed by atoms with van der Waals surface area (Å²) in [5.41, 5.74) is 3.21. The van der Waals surface area contributed by atoms with Crippen LogP contribution >= 0.6 is 11.3 Å². The second-order valence-corrected chi connectivity index (χ2v) is 6.35. The number of carbonyl (C=O) groups excluding carboxylic acids is 1. The van der Waals surface area contributed by atoms with Crippen molar-refractivity contribution in [3.8, 4) is 16.1 Å². The Bertz CT molecular complexity index is 994.